The van der Waals surface area contributed by atoms with Crippen molar-refractivity contribution >= 4 is 27.6 Å². The largest absolute Gasteiger partial charge is 0.452 e. The minimum Gasteiger partial charge on any atom is -0.452 e. The standard InChI is InChI=1S/C28H29N3O5S/c1-21(2)28(3,20-29)30-26(32)19-36-27(33)23-13-10-16-25(17-23)37(34,35)31(24-14-8-5-9-15-24)18-22-11-6-4-7-12-22/h4-17,21H,18-19H2,1-3H3,(H,30,32)/t28-/m0/s1. The Morgan fingerprint density at radius 1 is 1.00 bits per heavy atom. The molecule has 0 aliphatic carbocycles. The fourth-order valence-corrected chi connectivity index (χ4v) is 4.91. The average Bonchev–Trinajstić information content (AvgIpc) is 2.91. The zero-order chi connectivity index (χ0) is 27.1. The monoisotopic (exact) mass is 519 g/mol. The first-order chi connectivity index (χ1) is 17.6. The molecule has 1 amide bonds. The maximum Gasteiger partial charge on any atom is 0.338 e. The molecule has 1 atom stereocenters. The lowest BCUT2D eigenvalue weighted by Crippen LogP contribution is -2.50. The number of amides is 1. The summed E-state index contributed by atoms with van der Waals surface area (Å²) in [4.78, 5) is 24.8. The SMILES string of the molecule is CC(C)[C@](C)(C#N)NC(=O)COC(=O)c1cccc(S(=O)(=O)N(Cc2ccccc2)c2ccccc2)c1. The van der Waals surface area contributed by atoms with Gasteiger partial charge >= 0.3 is 5.97 Å². The Morgan fingerprint density at radius 3 is 2.22 bits per heavy atom. The normalized spacial score (nSPS) is 12.7. The van der Waals surface area contributed by atoms with E-state index in [0.29, 0.717) is 5.69 Å². The molecule has 0 radical (unpaired) electrons. The van der Waals surface area contributed by atoms with E-state index in [1.165, 1.54) is 28.6 Å². The minimum atomic E-state index is -4.07. The maximum atomic E-state index is 13.7. The van der Waals surface area contributed by atoms with Gasteiger partial charge in [0.05, 0.1) is 28.8 Å². The smallest absolute Gasteiger partial charge is 0.338 e. The number of carbonyl (C=O) groups is 2. The summed E-state index contributed by atoms with van der Waals surface area (Å²) in [6.45, 7) is 4.65. The molecular formula is C28H29N3O5S. The van der Waals surface area contributed by atoms with Crippen LogP contribution in [0, 0.1) is 17.2 Å². The van der Waals surface area contributed by atoms with Gasteiger partial charge in [-0.1, -0.05) is 68.4 Å². The van der Waals surface area contributed by atoms with Crippen LogP contribution in [-0.2, 0) is 26.1 Å². The van der Waals surface area contributed by atoms with Crippen molar-refractivity contribution in [2.45, 2.75) is 37.8 Å². The second-order valence-corrected chi connectivity index (χ2v) is 10.8. The van der Waals surface area contributed by atoms with Gasteiger partial charge in [0.15, 0.2) is 6.61 Å². The molecule has 1 N–H and O–H groups in total. The van der Waals surface area contributed by atoms with Gasteiger partial charge < -0.3 is 10.1 Å². The molecule has 0 aromatic heterocycles. The molecule has 0 unspecified atom stereocenters. The molecule has 0 spiro atoms. The van der Waals surface area contributed by atoms with E-state index in [-0.39, 0.29) is 22.9 Å². The van der Waals surface area contributed by atoms with Crippen LogP contribution < -0.4 is 9.62 Å². The lowest BCUT2D eigenvalue weighted by molar-refractivity contribution is -0.125. The number of nitriles is 1. The molecule has 3 aromatic rings. The van der Waals surface area contributed by atoms with E-state index < -0.39 is 34.0 Å². The Labute approximate surface area is 217 Å². The zero-order valence-electron chi connectivity index (χ0n) is 20.9. The van der Waals surface area contributed by atoms with E-state index in [0.717, 1.165) is 5.56 Å². The second-order valence-electron chi connectivity index (χ2n) is 8.95. The molecule has 0 saturated heterocycles. The summed E-state index contributed by atoms with van der Waals surface area (Å²) in [7, 11) is -4.07. The van der Waals surface area contributed by atoms with Crippen LogP contribution in [0.15, 0.2) is 89.8 Å². The molecule has 192 valence electrons. The van der Waals surface area contributed by atoms with Crippen LogP contribution in [0.4, 0.5) is 5.69 Å². The fourth-order valence-electron chi connectivity index (χ4n) is 3.41. The topological polar surface area (TPSA) is 117 Å². The first-order valence-electron chi connectivity index (χ1n) is 11.7. The van der Waals surface area contributed by atoms with Gasteiger partial charge in [0.1, 0.15) is 5.54 Å². The predicted molar refractivity (Wildman–Crippen MR) is 140 cm³/mol. The lowest BCUT2D eigenvalue weighted by atomic mass is 9.90. The Hall–Kier alpha value is -4.16. The number of hydrogen-bond donors (Lipinski definition) is 1. The summed E-state index contributed by atoms with van der Waals surface area (Å²) in [6.07, 6.45) is 0. The average molecular weight is 520 g/mol. The van der Waals surface area contributed by atoms with Crippen molar-refractivity contribution in [3.05, 3.63) is 96.1 Å². The van der Waals surface area contributed by atoms with E-state index in [2.05, 4.69) is 5.32 Å². The van der Waals surface area contributed by atoms with Crippen LogP contribution in [0.3, 0.4) is 0 Å². The first-order valence-corrected chi connectivity index (χ1v) is 13.1. The van der Waals surface area contributed by atoms with Crippen molar-refractivity contribution < 1.29 is 22.7 Å². The predicted octanol–water partition coefficient (Wildman–Crippen LogP) is 4.29. The molecule has 0 aliphatic rings. The van der Waals surface area contributed by atoms with E-state index >= 15 is 0 Å². The Kier molecular flexibility index (Phi) is 8.69. The molecule has 9 heteroatoms. The number of ether oxygens (including phenoxy) is 1. The molecule has 0 aliphatic heterocycles. The van der Waals surface area contributed by atoms with Crippen molar-refractivity contribution in [2.24, 2.45) is 5.92 Å². The highest BCUT2D eigenvalue weighted by atomic mass is 32.2. The summed E-state index contributed by atoms with van der Waals surface area (Å²) in [5.74, 6) is -1.65. The third-order valence-electron chi connectivity index (χ3n) is 5.99. The van der Waals surface area contributed by atoms with Gasteiger partial charge in [-0.2, -0.15) is 5.26 Å². The quantitative estimate of drug-likeness (QED) is 0.399. The van der Waals surface area contributed by atoms with Crippen LogP contribution in [0.5, 0.6) is 0 Å². The van der Waals surface area contributed by atoms with Gasteiger partial charge in [-0.25, -0.2) is 13.2 Å². The number of nitrogens with one attached hydrogen (secondary N) is 1. The number of para-hydroxylation sites is 1. The number of rotatable bonds is 10. The highest BCUT2D eigenvalue weighted by molar-refractivity contribution is 7.92. The van der Waals surface area contributed by atoms with Crippen LogP contribution in [-0.4, -0.2) is 32.4 Å². The van der Waals surface area contributed by atoms with Gasteiger partial charge in [-0.15, -0.1) is 0 Å². The maximum absolute atomic E-state index is 13.7. The van der Waals surface area contributed by atoms with Gasteiger partial charge in [-0.05, 0) is 48.7 Å². The van der Waals surface area contributed by atoms with Gasteiger partial charge in [-0.3, -0.25) is 9.10 Å². The van der Waals surface area contributed by atoms with E-state index in [4.69, 9.17) is 4.74 Å². The van der Waals surface area contributed by atoms with Crippen molar-refractivity contribution in [1.82, 2.24) is 5.32 Å². The molecule has 0 fully saturated rings. The van der Waals surface area contributed by atoms with Crippen molar-refractivity contribution in [3.8, 4) is 6.07 Å². The highest BCUT2D eigenvalue weighted by Crippen LogP contribution is 2.26. The van der Waals surface area contributed by atoms with Gasteiger partial charge in [0, 0.05) is 0 Å². The summed E-state index contributed by atoms with van der Waals surface area (Å²) in [5, 5.41) is 11.9. The lowest BCUT2D eigenvalue weighted by Gasteiger charge is -2.27. The Morgan fingerprint density at radius 2 is 1.62 bits per heavy atom. The van der Waals surface area contributed by atoms with Crippen LogP contribution in [0.2, 0.25) is 0 Å². The molecular weight excluding hydrogens is 490 g/mol. The summed E-state index contributed by atoms with van der Waals surface area (Å²) >= 11 is 0. The molecule has 0 bridgehead atoms. The molecule has 8 nitrogen and oxygen atoms in total. The van der Waals surface area contributed by atoms with E-state index in [9.17, 15) is 23.3 Å². The molecule has 37 heavy (non-hydrogen) atoms. The molecule has 3 rings (SSSR count). The Balaban J connectivity index is 1.82. The van der Waals surface area contributed by atoms with Crippen LogP contribution >= 0.6 is 0 Å². The van der Waals surface area contributed by atoms with E-state index in [1.54, 1.807) is 51.1 Å². The summed E-state index contributed by atoms with van der Waals surface area (Å²) < 4.78 is 33.8. The fraction of sp³-hybridized carbons (Fsp3) is 0.250. The number of benzene rings is 3. The molecule has 0 saturated carbocycles. The first kappa shape index (κ1) is 27.4. The number of anilines is 1. The van der Waals surface area contributed by atoms with Gasteiger partial charge in [0.25, 0.3) is 15.9 Å². The number of sulfonamides is 1. The third-order valence-corrected chi connectivity index (χ3v) is 7.76. The van der Waals surface area contributed by atoms with Crippen molar-refractivity contribution in [1.29, 1.82) is 5.26 Å². The van der Waals surface area contributed by atoms with Crippen LogP contribution in [0.1, 0.15) is 36.7 Å². The molecule has 3 aromatic carbocycles. The number of carbonyl (C=O) groups excluding carboxylic acids is 2. The summed E-state index contributed by atoms with van der Waals surface area (Å²) in [5.41, 5.74) is 0.134. The number of esters is 1. The van der Waals surface area contributed by atoms with Gasteiger partial charge in [0.2, 0.25) is 0 Å². The van der Waals surface area contributed by atoms with Crippen LogP contribution in [0.25, 0.3) is 0 Å². The highest BCUT2D eigenvalue weighted by Gasteiger charge is 2.30. The minimum absolute atomic E-state index is 0.0199. The van der Waals surface area contributed by atoms with Crippen molar-refractivity contribution in [3.63, 3.8) is 0 Å². The van der Waals surface area contributed by atoms with Crippen molar-refractivity contribution in [2.75, 3.05) is 10.9 Å². The number of hydrogen-bond acceptors (Lipinski definition) is 6. The zero-order valence-corrected chi connectivity index (χ0v) is 21.7. The van der Waals surface area contributed by atoms with E-state index in [1.807, 2.05) is 36.4 Å². The second kappa shape index (κ2) is 11.7. The molecule has 0 heterocycles. The summed E-state index contributed by atoms with van der Waals surface area (Å²) in [6, 6.07) is 25.4. The number of nitrogens with zero attached hydrogens (tertiary/aromatic N) is 2. The Bertz CT molecular complexity index is 1390. The third kappa shape index (κ3) is 6.74.